The molecule has 1 amide bonds. The van der Waals surface area contributed by atoms with Crippen LogP contribution in [0.5, 0.6) is 0 Å². The van der Waals surface area contributed by atoms with Gasteiger partial charge in [-0.3, -0.25) is 9.48 Å². The molecule has 1 atom stereocenters. The van der Waals surface area contributed by atoms with Crippen molar-refractivity contribution in [2.45, 2.75) is 39.3 Å². The number of nitrogens with zero attached hydrogens (tertiary/aromatic N) is 2. The summed E-state index contributed by atoms with van der Waals surface area (Å²) in [6.45, 7) is 6.07. The van der Waals surface area contributed by atoms with Crippen LogP contribution in [0.25, 0.3) is 0 Å². The maximum atomic E-state index is 12.0. The van der Waals surface area contributed by atoms with Crippen molar-refractivity contribution in [3.8, 4) is 0 Å². The summed E-state index contributed by atoms with van der Waals surface area (Å²) >= 11 is 0. The van der Waals surface area contributed by atoms with Gasteiger partial charge in [0.1, 0.15) is 5.54 Å². The number of aromatic nitrogens is 2. The zero-order valence-electron chi connectivity index (χ0n) is 11.2. The molecule has 1 unspecified atom stereocenters. The van der Waals surface area contributed by atoms with Crippen LogP contribution in [0.3, 0.4) is 0 Å². The first-order chi connectivity index (χ1) is 8.46. The maximum absolute atomic E-state index is 12.0. The lowest BCUT2D eigenvalue weighted by Gasteiger charge is -2.26. The van der Waals surface area contributed by atoms with Gasteiger partial charge in [0.15, 0.2) is 0 Å². The van der Waals surface area contributed by atoms with Crippen molar-refractivity contribution in [3.63, 3.8) is 0 Å². The van der Waals surface area contributed by atoms with Crippen LogP contribution in [0.2, 0.25) is 0 Å². The van der Waals surface area contributed by atoms with Crippen molar-refractivity contribution in [1.29, 1.82) is 0 Å². The Morgan fingerprint density at radius 2 is 2.17 bits per heavy atom. The average Bonchev–Trinajstić information content (AvgIpc) is 2.86. The van der Waals surface area contributed by atoms with E-state index in [1.165, 1.54) is 13.3 Å². The van der Waals surface area contributed by atoms with Crippen molar-refractivity contribution in [2.75, 3.05) is 7.11 Å². The maximum Gasteiger partial charge on any atom is 0.331 e. The van der Waals surface area contributed by atoms with E-state index in [-0.39, 0.29) is 5.91 Å². The Morgan fingerprint density at radius 1 is 1.50 bits per heavy atom. The molecule has 100 valence electrons. The molecule has 0 aliphatic heterocycles. The Balaban J connectivity index is 2.82. The Labute approximate surface area is 106 Å². The molecule has 0 bridgehead atoms. The monoisotopic (exact) mass is 253 g/mol. The second kappa shape index (κ2) is 5.66. The van der Waals surface area contributed by atoms with E-state index in [2.05, 4.69) is 10.4 Å². The Bertz CT molecular complexity index is 442. The molecule has 6 nitrogen and oxygen atoms in total. The molecule has 1 heterocycles. The van der Waals surface area contributed by atoms with E-state index < -0.39 is 11.5 Å². The van der Waals surface area contributed by atoms with Crippen molar-refractivity contribution >= 4 is 11.9 Å². The highest BCUT2D eigenvalue weighted by Crippen LogP contribution is 2.12. The summed E-state index contributed by atoms with van der Waals surface area (Å²) in [6, 6.07) is 0. The Hall–Kier alpha value is -1.85. The second-order valence-electron chi connectivity index (χ2n) is 4.22. The number of rotatable bonds is 5. The molecule has 0 aliphatic carbocycles. The highest BCUT2D eigenvalue weighted by Gasteiger charge is 2.34. The van der Waals surface area contributed by atoms with Crippen LogP contribution in [0.15, 0.2) is 12.4 Å². The van der Waals surface area contributed by atoms with Crippen molar-refractivity contribution in [1.82, 2.24) is 15.1 Å². The van der Waals surface area contributed by atoms with Crippen molar-refractivity contribution in [3.05, 3.63) is 18.0 Å². The molecule has 0 fully saturated rings. The number of nitrogens with one attached hydrogen (secondary N) is 1. The van der Waals surface area contributed by atoms with Gasteiger partial charge in [-0.2, -0.15) is 5.10 Å². The summed E-state index contributed by atoms with van der Waals surface area (Å²) in [5.41, 5.74) is -0.583. The van der Waals surface area contributed by atoms with Gasteiger partial charge in [-0.1, -0.05) is 6.92 Å². The lowest BCUT2D eigenvalue weighted by molar-refractivity contribution is -0.147. The van der Waals surface area contributed by atoms with Gasteiger partial charge >= 0.3 is 5.97 Å². The smallest absolute Gasteiger partial charge is 0.331 e. The van der Waals surface area contributed by atoms with E-state index in [1.54, 1.807) is 17.8 Å². The van der Waals surface area contributed by atoms with Crippen LogP contribution in [-0.4, -0.2) is 34.3 Å². The molecule has 0 spiro atoms. The first-order valence-electron chi connectivity index (χ1n) is 5.90. The van der Waals surface area contributed by atoms with E-state index >= 15 is 0 Å². The minimum Gasteiger partial charge on any atom is -0.467 e. The minimum atomic E-state index is -1.01. The van der Waals surface area contributed by atoms with Crippen LogP contribution in [0, 0.1) is 0 Å². The van der Waals surface area contributed by atoms with Gasteiger partial charge in [-0.05, 0) is 20.3 Å². The number of hydrogen-bond donors (Lipinski definition) is 1. The number of aryl methyl sites for hydroxylation is 1. The third-order valence-electron chi connectivity index (χ3n) is 2.95. The lowest BCUT2D eigenvalue weighted by Crippen LogP contribution is -2.52. The quantitative estimate of drug-likeness (QED) is 0.794. The number of hydrogen-bond acceptors (Lipinski definition) is 4. The fourth-order valence-corrected chi connectivity index (χ4v) is 1.49. The SMILES string of the molecule is CCn1cc(C(=O)NC(C)(CC)C(=O)OC)cn1. The number of carbonyl (C=O) groups excluding carboxylic acids is 2. The van der Waals surface area contributed by atoms with Crippen molar-refractivity contribution < 1.29 is 14.3 Å². The van der Waals surface area contributed by atoms with Gasteiger partial charge in [-0.15, -0.1) is 0 Å². The molecular formula is C12H19N3O3. The van der Waals surface area contributed by atoms with E-state index in [9.17, 15) is 9.59 Å². The van der Waals surface area contributed by atoms with E-state index in [1.807, 2.05) is 13.8 Å². The molecular weight excluding hydrogens is 234 g/mol. The van der Waals surface area contributed by atoms with Crippen LogP contribution in [0.4, 0.5) is 0 Å². The second-order valence-corrected chi connectivity index (χ2v) is 4.22. The summed E-state index contributed by atoms with van der Waals surface area (Å²) in [7, 11) is 1.30. The summed E-state index contributed by atoms with van der Waals surface area (Å²) in [6.07, 6.45) is 3.57. The van der Waals surface area contributed by atoms with Gasteiger partial charge in [-0.25, -0.2) is 4.79 Å². The highest BCUT2D eigenvalue weighted by molar-refractivity contribution is 5.97. The van der Waals surface area contributed by atoms with E-state index in [0.29, 0.717) is 18.5 Å². The molecule has 0 saturated heterocycles. The van der Waals surface area contributed by atoms with E-state index in [4.69, 9.17) is 4.74 Å². The average molecular weight is 253 g/mol. The fourth-order valence-electron chi connectivity index (χ4n) is 1.49. The minimum absolute atomic E-state index is 0.329. The molecule has 0 radical (unpaired) electrons. The van der Waals surface area contributed by atoms with Gasteiger partial charge < -0.3 is 10.1 Å². The molecule has 0 saturated carbocycles. The molecule has 18 heavy (non-hydrogen) atoms. The fraction of sp³-hybridized carbons (Fsp3) is 0.583. The highest BCUT2D eigenvalue weighted by atomic mass is 16.5. The molecule has 1 aromatic heterocycles. The number of amides is 1. The van der Waals surface area contributed by atoms with Gasteiger partial charge in [0.25, 0.3) is 5.91 Å². The lowest BCUT2D eigenvalue weighted by atomic mass is 9.99. The van der Waals surface area contributed by atoms with Crippen LogP contribution < -0.4 is 5.32 Å². The number of ether oxygens (including phenoxy) is 1. The summed E-state index contributed by atoms with van der Waals surface area (Å²) in [5, 5.41) is 6.70. The molecule has 1 N–H and O–H groups in total. The molecule has 1 aromatic rings. The van der Waals surface area contributed by atoms with E-state index in [0.717, 1.165) is 0 Å². The summed E-state index contributed by atoms with van der Waals surface area (Å²) in [4.78, 5) is 23.6. The predicted molar refractivity (Wildman–Crippen MR) is 66.1 cm³/mol. The Kier molecular flexibility index (Phi) is 4.47. The molecule has 1 rings (SSSR count). The normalized spacial score (nSPS) is 13.8. The molecule has 6 heteroatoms. The predicted octanol–water partition coefficient (Wildman–Crippen LogP) is 0.974. The largest absolute Gasteiger partial charge is 0.467 e. The summed E-state index contributed by atoms with van der Waals surface area (Å²) < 4.78 is 6.34. The number of carbonyl (C=O) groups is 2. The van der Waals surface area contributed by atoms with Crippen LogP contribution in [-0.2, 0) is 16.1 Å². The van der Waals surface area contributed by atoms with Crippen molar-refractivity contribution in [2.24, 2.45) is 0 Å². The molecule has 0 aliphatic rings. The van der Waals surface area contributed by atoms with Gasteiger partial charge in [0.2, 0.25) is 0 Å². The molecule has 0 aromatic carbocycles. The standard InChI is InChI=1S/C12H19N3O3/c1-5-12(3,11(17)18-4)14-10(16)9-7-13-15(6-2)8-9/h7-8H,5-6H2,1-4H3,(H,14,16). The van der Waals surface area contributed by atoms with Crippen LogP contribution in [0.1, 0.15) is 37.6 Å². The third kappa shape index (κ3) is 2.88. The zero-order chi connectivity index (χ0) is 13.8. The van der Waals surface area contributed by atoms with Gasteiger partial charge in [0.05, 0.1) is 18.9 Å². The first kappa shape index (κ1) is 14.2. The number of esters is 1. The summed E-state index contributed by atoms with van der Waals surface area (Å²) in [5.74, 6) is -0.786. The topological polar surface area (TPSA) is 73.2 Å². The third-order valence-corrected chi connectivity index (χ3v) is 2.95. The van der Waals surface area contributed by atoms with Crippen LogP contribution >= 0.6 is 0 Å². The van der Waals surface area contributed by atoms with Gasteiger partial charge in [0, 0.05) is 12.7 Å². The first-order valence-corrected chi connectivity index (χ1v) is 5.90. The zero-order valence-corrected chi connectivity index (χ0v) is 11.2. The number of methoxy groups -OCH3 is 1. The Morgan fingerprint density at radius 3 is 2.61 bits per heavy atom.